The molecule has 1 unspecified atom stereocenters. The standard InChI is InChI=1S/C27H23NO6/c1-15-4-3-5-17(12-15)24-23(25(30)18-7-9-21-22(14-18)34-11-10-33-21)26(31)27(32)28(24)19-13-16(2)6-8-20(19)29/h3-9,12-14,24,29-30H,10-11H2,1-2H3/b25-23-. The van der Waals surface area contributed by atoms with Gasteiger partial charge in [-0.3, -0.25) is 14.5 Å². The number of aromatic hydroxyl groups is 1. The van der Waals surface area contributed by atoms with Gasteiger partial charge in [-0.15, -0.1) is 0 Å². The van der Waals surface area contributed by atoms with Crippen molar-refractivity contribution in [1.29, 1.82) is 0 Å². The van der Waals surface area contributed by atoms with Crippen LogP contribution in [0.15, 0.2) is 66.2 Å². The Hall–Kier alpha value is -4.26. The molecule has 3 aromatic rings. The zero-order valence-corrected chi connectivity index (χ0v) is 18.7. The van der Waals surface area contributed by atoms with Gasteiger partial charge in [0, 0.05) is 5.56 Å². The number of ether oxygens (including phenoxy) is 2. The molecule has 1 fully saturated rings. The Morgan fingerprint density at radius 3 is 2.41 bits per heavy atom. The van der Waals surface area contributed by atoms with E-state index in [2.05, 4.69) is 0 Å². The molecular formula is C27H23NO6. The van der Waals surface area contributed by atoms with E-state index in [0.29, 0.717) is 35.8 Å². The summed E-state index contributed by atoms with van der Waals surface area (Å²) in [6.45, 7) is 4.53. The molecule has 2 aliphatic heterocycles. The molecule has 5 rings (SSSR count). The molecule has 2 aliphatic rings. The molecule has 0 saturated carbocycles. The van der Waals surface area contributed by atoms with E-state index in [1.165, 1.54) is 11.0 Å². The number of phenols is 1. The molecule has 7 nitrogen and oxygen atoms in total. The SMILES string of the molecule is Cc1cccc(C2/C(=C(/O)c3ccc4c(c3)OCCO4)C(=O)C(=O)N2c2cc(C)ccc2O)c1. The van der Waals surface area contributed by atoms with E-state index in [-0.39, 0.29) is 22.8 Å². The highest BCUT2D eigenvalue weighted by atomic mass is 16.6. The summed E-state index contributed by atoms with van der Waals surface area (Å²) in [6.07, 6.45) is 0. The third-order valence-corrected chi connectivity index (χ3v) is 6.01. The third kappa shape index (κ3) is 3.55. The predicted molar refractivity (Wildman–Crippen MR) is 126 cm³/mol. The van der Waals surface area contributed by atoms with Crippen molar-refractivity contribution < 1.29 is 29.3 Å². The number of aryl methyl sites for hydroxylation is 2. The molecule has 0 bridgehead atoms. The van der Waals surface area contributed by atoms with Crippen LogP contribution in [0.2, 0.25) is 0 Å². The van der Waals surface area contributed by atoms with Gasteiger partial charge in [-0.25, -0.2) is 0 Å². The van der Waals surface area contributed by atoms with E-state index in [1.54, 1.807) is 36.4 Å². The number of Topliss-reactive ketones (excluding diaryl/α,β-unsaturated/α-hetero) is 1. The van der Waals surface area contributed by atoms with Crippen molar-refractivity contribution in [3.63, 3.8) is 0 Å². The summed E-state index contributed by atoms with van der Waals surface area (Å²) >= 11 is 0. The normalized spacial score (nSPS) is 18.9. The van der Waals surface area contributed by atoms with E-state index in [0.717, 1.165) is 11.1 Å². The molecule has 0 radical (unpaired) electrons. The molecule has 1 saturated heterocycles. The number of carbonyl (C=O) groups is 2. The van der Waals surface area contributed by atoms with Gasteiger partial charge in [0.1, 0.15) is 24.7 Å². The number of phenolic OH excluding ortho intramolecular Hbond substituents is 1. The Morgan fingerprint density at radius 1 is 0.912 bits per heavy atom. The summed E-state index contributed by atoms with van der Waals surface area (Å²) < 4.78 is 11.2. The Balaban J connectivity index is 1.73. The molecule has 172 valence electrons. The van der Waals surface area contributed by atoms with Crippen molar-refractivity contribution >= 4 is 23.1 Å². The van der Waals surface area contributed by atoms with Gasteiger partial charge in [0.2, 0.25) is 0 Å². The minimum atomic E-state index is -0.930. The summed E-state index contributed by atoms with van der Waals surface area (Å²) in [5.74, 6) is -1.12. The minimum absolute atomic E-state index is 0.0619. The number of rotatable bonds is 3. The summed E-state index contributed by atoms with van der Waals surface area (Å²) in [4.78, 5) is 27.9. The largest absolute Gasteiger partial charge is 0.507 e. The number of aliphatic hydroxyl groups is 1. The van der Waals surface area contributed by atoms with Gasteiger partial charge < -0.3 is 19.7 Å². The molecule has 3 aromatic carbocycles. The molecule has 34 heavy (non-hydrogen) atoms. The van der Waals surface area contributed by atoms with Crippen molar-refractivity contribution in [3.8, 4) is 17.2 Å². The Kier molecular flexibility index (Phi) is 5.24. The van der Waals surface area contributed by atoms with Crippen LogP contribution in [0, 0.1) is 13.8 Å². The van der Waals surface area contributed by atoms with Crippen LogP contribution in [0.3, 0.4) is 0 Å². The molecule has 1 amide bonds. The average molecular weight is 457 g/mol. The van der Waals surface area contributed by atoms with E-state index in [9.17, 15) is 19.8 Å². The fourth-order valence-electron chi connectivity index (χ4n) is 4.41. The van der Waals surface area contributed by atoms with Crippen molar-refractivity contribution in [3.05, 3.63) is 88.5 Å². The summed E-state index contributed by atoms with van der Waals surface area (Å²) in [7, 11) is 0. The van der Waals surface area contributed by atoms with Crippen LogP contribution in [0.1, 0.15) is 28.3 Å². The highest BCUT2D eigenvalue weighted by molar-refractivity contribution is 6.52. The number of carbonyl (C=O) groups excluding carboxylic acids is 2. The summed E-state index contributed by atoms with van der Waals surface area (Å²) in [5, 5.41) is 21.9. The number of aliphatic hydroxyl groups excluding tert-OH is 1. The quantitative estimate of drug-likeness (QED) is 0.344. The van der Waals surface area contributed by atoms with E-state index >= 15 is 0 Å². The first-order valence-corrected chi connectivity index (χ1v) is 10.9. The first-order valence-electron chi connectivity index (χ1n) is 10.9. The van der Waals surface area contributed by atoms with Gasteiger partial charge in [0.15, 0.2) is 11.5 Å². The maximum Gasteiger partial charge on any atom is 0.300 e. The van der Waals surface area contributed by atoms with Crippen molar-refractivity contribution in [2.45, 2.75) is 19.9 Å². The topological polar surface area (TPSA) is 96.3 Å². The van der Waals surface area contributed by atoms with Crippen LogP contribution in [-0.4, -0.2) is 35.1 Å². The van der Waals surface area contributed by atoms with Crippen molar-refractivity contribution in [2.24, 2.45) is 0 Å². The van der Waals surface area contributed by atoms with Crippen molar-refractivity contribution in [2.75, 3.05) is 18.1 Å². The molecule has 1 atom stereocenters. The second kappa shape index (κ2) is 8.26. The number of fused-ring (bicyclic) bond motifs is 1. The molecule has 2 N–H and O–H groups in total. The fourth-order valence-corrected chi connectivity index (χ4v) is 4.41. The highest BCUT2D eigenvalue weighted by Gasteiger charge is 2.47. The number of amides is 1. The third-order valence-electron chi connectivity index (χ3n) is 6.01. The highest BCUT2D eigenvalue weighted by Crippen LogP contribution is 2.45. The number of ketones is 1. The first-order chi connectivity index (χ1) is 16.3. The lowest BCUT2D eigenvalue weighted by Crippen LogP contribution is -2.29. The Bertz CT molecular complexity index is 1360. The Morgan fingerprint density at radius 2 is 1.65 bits per heavy atom. The lowest BCUT2D eigenvalue weighted by molar-refractivity contribution is -0.132. The van der Waals surface area contributed by atoms with E-state index < -0.39 is 17.7 Å². The Labute approximate surface area is 196 Å². The molecular weight excluding hydrogens is 434 g/mol. The lowest BCUT2D eigenvalue weighted by atomic mass is 9.94. The van der Waals surface area contributed by atoms with Gasteiger partial charge in [0.25, 0.3) is 11.7 Å². The fraction of sp³-hybridized carbons (Fsp3) is 0.185. The van der Waals surface area contributed by atoms with Crippen LogP contribution >= 0.6 is 0 Å². The molecule has 0 aliphatic carbocycles. The second-order valence-corrected chi connectivity index (χ2v) is 8.43. The second-order valence-electron chi connectivity index (χ2n) is 8.43. The molecule has 2 heterocycles. The van der Waals surface area contributed by atoms with Gasteiger partial charge in [-0.05, 0) is 55.3 Å². The van der Waals surface area contributed by atoms with Crippen LogP contribution in [0.4, 0.5) is 5.69 Å². The minimum Gasteiger partial charge on any atom is -0.507 e. The maximum atomic E-state index is 13.3. The predicted octanol–water partition coefficient (Wildman–Crippen LogP) is 4.41. The summed E-state index contributed by atoms with van der Waals surface area (Å²) in [6, 6.07) is 16.2. The number of nitrogens with zero attached hydrogens (tertiary/aromatic N) is 1. The first kappa shape index (κ1) is 21.6. The maximum absolute atomic E-state index is 13.3. The van der Waals surface area contributed by atoms with E-state index in [1.807, 2.05) is 32.0 Å². The smallest absolute Gasteiger partial charge is 0.300 e. The van der Waals surface area contributed by atoms with Crippen LogP contribution < -0.4 is 14.4 Å². The molecule has 7 heteroatoms. The number of hydrogen-bond donors (Lipinski definition) is 2. The molecule has 0 spiro atoms. The van der Waals surface area contributed by atoms with Gasteiger partial charge in [-0.1, -0.05) is 35.9 Å². The van der Waals surface area contributed by atoms with Crippen LogP contribution in [0.5, 0.6) is 17.2 Å². The number of anilines is 1. The van der Waals surface area contributed by atoms with Gasteiger partial charge in [-0.2, -0.15) is 0 Å². The van der Waals surface area contributed by atoms with Crippen LogP contribution in [-0.2, 0) is 9.59 Å². The van der Waals surface area contributed by atoms with Gasteiger partial charge in [0.05, 0.1) is 17.3 Å². The zero-order valence-electron chi connectivity index (χ0n) is 18.7. The van der Waals surface area contributed by atoms with Crippen molar-refractivity contribution in [1.82, 2.24) is 0 Å². The summed E-state index contributed by atoms with van der Waals surface area (Å²) in [5.41, 5.74) is 2.84. The molecule has 0 aromatic heterocycles. The lowest BCUT2D eigenvalue weighted by Gasteiger charge is -2.26. The van der Waals surface area contributed by atoms with Crippen LogP contribution in [0.25, 0.3) is 5.76 Å². The number of hydrogen-bond acceptors (Lipinski definition) is 6. The number of benzene rings is 3. The monoisotopic (exact) mass is 457 g/mol. The van der Waals surface area contributed by atoms with E-state index in [4.69, 9.17) is 9.47 Å². The van der Waals surface area contributed by atoms with Gasteiger partial charge >= 0.3 is 0 Å². The average Bonchev–Trinajstić information content (AvgIpc) is 3.10. The zero-order chi connectivity index (χ0) is 24.0.